The molecule has 1 aliphatic carbocycles. The lowest BCUT2D eigenvalue weighted by atomic mass is 10.3. The van der Waals surface area contributed by atoms with E-state index in [0.717, 1.165) is 17.5 Å². The van der Waals surface area contributed by atoms with Crippen molar-refractivity contribution in [2.45, 2.75) is 31.8 Å². The molecule has 0 aromatic carbocycles. The summed E-state index contributed by atoms with van der Waals surface area (Å²) in [5, 5.41) is 9.78. The maximum atomic E-state index is 12.0. The number of nitrogens with zero attached hydrogens (tertiary/aromatic N) is 2. The van der Waals surface area contributed by atoms with Gasteiger partial charge in [0.1, 0.15) is 12.2 Å². The SMILES string of the molecule is C#CCn1ncc(Cl)c(NCCC(=O)NC2CC2)c1=O. The summed E-state index contributed by atoms with van der Waals surface area (Å²) in [6, 6.07) is 0.333. The fourth-order valence-corrected chi connectivity index (χ4v) is 1.85. The van der Waals surface area contributed by atoms with Crippen molar-refractivity contribution in [3.63, 3.8) is 0 Å². The first-order valence-electron chi connectivity index (χ1n) is 6.34. The molecule has 2 rings (SSSR count). The van der Waals surface area contributed by atoms with Crippen molar-refractivity contribution in [1.29, 1.82) is 0 Å². The summed E-state index contributed by atoms with van der Waals surface area (Å²) in [5.41, 5.74) is -0.172. The molecule has 0 bridgehead atoms. The van der Waals surface area contributed by atoms with E-state index in [1.54, 1.807) is 0 Å². The highest BCUT2D eigenvalue weighted by Crippen LogP contribution is 2.18. The predicted octanol–water partition coefficient (Wildman–Crippen LogP) is 0.610. The van der Waals surface area contributed by atoms with Crippen LogP contribution in [-0.4, -0.2) is 28.3 Å². The Bertz CT molecular complexity index is 601. The molecule has 1 aromatic heterocycles. The molecule has 20 heavy (non-hydrogen) atoms. The molecule has 1 aliphatic rings. The van der Waals surface area contributed by atoms with Crippen molar-refractivity contribution in [3.8, 4) is 12.3 Å². The van der Waals surface area contributed by atoms with Gasteiger partial charge < -0.3 is 10.6 Å². The summed E-state index contributed by atoms with van der Waals surface area (Å²) in [7, 11) is 0. The van der Waals surface area contributed by atoms with Gasteiger partial charge in [0.2, 0.25) is 5.91 Å². The third kappa shape index (κ3) is 3.75. The van der Waals surface area contributed by atoms with Crippen LogP contribution >= 0.6 is 11.6 Å². The van der Waals surface area contributed by atoms with Crippen LogP contribution < -0.4 is 16.2 Å². The lowest BCUT2D eigenvalue weighted by Crippen LogP contribution is -2.29. The molecule has 0 aliphatic heterocycles. The van der Waals surface area contributed by atoms with E-state index in [9.17, 15) is 9.59 Å². The standard InChI is InChI=1S/C13H15ClN4O2/c1-2-7-18-13(20)12(10(14)8-16-18)15-6-5-11(19)17-9-3-4-9/h1,8-9,15H,3-7H2,(H,17,19). The maximum Gasteiger partial charge on any atom is 0.292 e. The quantitative estimate of drug-likeness (QED) is 0.754. The number of halogens is 1. The van der Waals surface area contributed by atoms with E-state index in [1.807, 2.05) is 0 Å². The number of aromatic nitrogens is 2. The van der Waals surface area contributed by atoms with Gasteiger partial charge in [-0.1, -0.05) is 17.5 Å². The van der Waals surface area contributed by atoms with E-state index in [-0.39, 0.29) is 29.6 Å². The average molecular weight is 295 g/mol. The van der Waals surface area contributed by atoms with Crippen LogP contribution in [-0.2, 0) is 11.3 Å². The van der Waals surface area contributed by atoms with Gasteiger partial charge in [-0.05, 0) is 12.8 Å². The molecular formula is C13H15ClN4O2. The first kappa shape index (κ1) is 14.4. The van der Waals surface area contributed by atoms with Gasteiger partial charge >= 0.3 is 0 Å². The number of carbonyl (C=O) groups is 1. The Hall–Kier alpha value is -2.00. The molecule has 0 unspecified atom stereocenters. The number of carbonyl (C=O) groups excluding carboxylic acids is 1. The summed E-state index contributed by atoms with van der Waals surface area (Å²) in [6.45, 7) is 0.403. The van der Waals surface area contributed by atoms with Crippen LogP contribution in [0.3, 0.4) is 0 Å². The van der Waals surface area contributed by atoms with Crippen LogP contribution in [0.2, 0.25) is 5.02 Å². The zero-order valence-corrected chi connectivity index (χ0v) is 11.6. The van der Waals surface area contributed by atoms with Crippen molar-refractivity contribution in [2.75, 3.05) is 11.9 Å². The first-order valence-corrected chi connectivity index (χ1v) is 6.72. The lowest BCUT2D eigenvalue weighted by Gasteiger charge is -2.09. The minimum absolute atomic E-state index is 0.0332. The molecule has 1 heterocycles. The number of amides is 1. The summed E-state index contributed by atoms with van der Waals surface area (Å²) in [6.07, 6.45) is 8.88. The van der Waals surface area contributed by atoms with Gasteiger partial charge in [0.05, 0.1) is 11.2 Å². The monoisotopic (exact) mass is 294 g/mol. The molecular weight excluding hydrogens is 280 g/mol. The Morgan fingerprint density at radius 3 is 3.00 bits per heavy atom. The number of hydrogen-bond donors (Lipinski definition) is 2. The zero-order valence-electron chi connectivity index (χ0n) is 10.9. The topological polar surface area (TPSA) is 76.0 Å². The maximum absolute atomic E-state index is 12.0. The smallest absolute Gasteiger partial charge is 0.292 e. The Morgan fingerprint density at radius 1 is 1.60 bits per heavy atom. The number of hydrogen-bond acceptors (Lipinski definition) is 4. The summed E-state index contributed by atoms with van der Waals surface area (Å²) in [5.74, 6) is 2.31. The molecule has 1 aromatic rings. The third-order valence-electron chi connectivity index (χ3n) is 2.83. The molecule has 106 valence electrons. The van der Waals surface area contributed by atoms with Gasteiger partial charge in [0.25, 0.3) is 5.56 Å². The second kappa shape index (κ2) is 6.44. The highest BCUT2D eigenvalue weighted by Gasteiger charge is 2.22. The molecule has 6 nitrogen and oxygen atoms in total. The molecule has 1 amide bonds. The van der Waals surface area contributed by atoms with Crippen molar-refractivity contribution < 1.29 is 4.79 Å². The first-order chi connectivity index (χ1) is 9.61. The van der Waals surface area contributed by atoms with Gasteiger partial charge in [0, 0.05) is 19.0 Å². The number of anilines is 1. The number of terminal acetylenes is 1. The second-order valence-electron chi connectivity index (χ2n) is 4.55. The average Bonchev–Trinajstić information content (AvgIpc) is 3.21. The van der Waals surface area contributed by atoms with E-state index in [4.69, 9.17) is 18.0 Å². The lowest BCUT2D eigenvalue weighted by molar-refractivity contribution is -0.120. The van der Waals surface area contributed by atoms with Crippen molar-refractivity contribution in [3.05, 3.63) is 21.6 Å². The molecule has 0 atom stereocenters. The molecule has 0 radical (unpaired) electrons. The zero-order chi connectivity index (χ0) is 14.5. The van der Waals surface area contributed by atoms with Crippen LogP contribution in [0.15, 0.2) is 11.0 Å². The van der Waals surface area contributed by atoms with Crippen LogP contribution in [0.4, 0.5) is 5.69 Å². The van der Waals surface area contributed by atoms with Crippen LogP contribution in [0, 0.1) is 12.3 Å². The largest absolute Gasteiger partial charge is 0.379 e. The molecule has 7 heteroatoms. The van der Waals surface area contributed by atoms with E-state index in [1.165, 1.54) is 6.20 Å². The van der Waals surface area contributed by atoms with E-state index in [0.29, 0.717) is 12.6 Å². The van der Waals surface area contributed by atoms with Crippen molar-refractivity contribution >= 4 is 23.2 Å². The fourth-order valence-electron chi connectivity index (χ4n) is 1.66. The van der Waals surface area contributed by atoms with Crippen LogP contribution in [0.1, 0.15) is 19.3 Å². The van der Waals surface area contributed by atoms with Crippen LogP contribution in [0.5, 0.6) is 0 Å². The Morgan fingerprint density at radius 2 is 2.35 bits per heavy atom. The van der Waals surface area contributed by atoms with Crippen molar-refractivity contribution in [1.82, 2.24) is 15.1 Å². The summed E-state index contributed by atoms with van der Waals surface area (Å²) in [4.78, 5) is 23.5. The Balaban J connectivity index is 1.94. The molecule has 2 N–H and O–H groups in total. The van der Waals surface area contributed by atoms with Gasteiger partial charge in [-0.2, -0.15) is 5.10 Å². The number of rotatable bonds is 6. The van der Waals surface area contributed by atoms with Crippen molar-refractivity contribution in [2.24, 2.45) is 0 Å². The molecule has 0 spiro atoms. The third-order valence-corrected chi connectivity index (χ3v) is 3.12. The van der Waals surface area contributed by atoms with E-state index in [2.05, 4.69) is 21.7 Å². The van der Waals surface area contributed by atoms with Gasteiger partial charge in [-0.3, -0.25) is 9.59 Å². The minimum atomic E-state index is -0.391. The Kier molecular flexibility index (Phi) is 4.64. The highest BCUT2D eigenvalue weighted by atomic mass is 35.5. The molecule has 0 saturated heterocycles. The molecule has 1 fully saturated rings. The predicted molar refractivity (Wildman–Crippen MR) is 76.6 cm³/mol. The minimum Gasteiger partial charge on any atom is -0.379 e. The second-order valence-corrected chi connectivity index (χ2v) is 4.96. The highest BCUT2D eigenvalue weighted by molar-refractivity contribution is 6.33. The van der Waals surface area contributed by atoms with Gasteiger partial charge in [-0.25, -0.2) is 4.68 Å². The van der Waals surface area contributed by atoms with Gasteiger partial charge in [-0.15, -0.1) is 6.42 Å². The van der Waals surface area contributed by atoms with Crippen LogP contribution in [0.25, 0.3) is 0 Å². The Labute approximate surface area is 121 Å². The van der Waals surface area contributed by atoms with Gasteiger partial charge in [0.15, 0.2) is 0 Å². The summed E-state index contributed by atoms with van der Waals surface area (Å²) >= 11 is 5.92. The van der Waals surface area contributed by atoms with E-state index < -0.39 is 5.56 Å². The molecule has 1 saturated carbocycles. The fraction of sp³-hybridized carbons (Fsp3) is 0.462. The van der Waals surface area contributed by atoms with E-state index >= 15 is 0 Å². The number of nitrogens with one attached hydrogen (secondary N) is 2. The normalized spacial score (nSPS) is 13.6. The summed E-state index contributed by atoms with van der Waals surface area (Å²) < 4.78 is 1.14.